The fraction of sp³-hybridized carbons (Fsp3) is 0. The largest absolute Gasteiger partial charge is 0.478 e. The van der Waals surface area contributed by atoms with Gasteiger partial charge in [0.15, 0.2) is 0 Å². The van der Waals surface area contributed by atoms with E-state index in [1.54, 1.807) is 18.2 Å². The van der Waals surface area contributed by atoms with Crippen LogP contribution in [0.4, 0.5) is 11.4 Å². The summed E-state index contributed by atoms with van der Waals surface area (Å²) in [4.78, 5) is 10.2. The van der Waals surface area contributed by atoms with Gasteiger partial charge >= 0.3 is 5.97 Å². The van der Waals surface area contributed by atoms with Crippen LogP contribution in [0.1, 0.15) is 5.56 Å². The van der Waals surface area contributed by atoms with E-state index in [9.17, 15) is 4.79 Å². The topological polar surface area (TPSA) is 89.3 Å². The lowest BCUT2D eigenvalue weighted by Crippen LogP contribution is -1.96. The second kappa shape index (κ2) is 3.62. The summed E-state index contributed by atoms with van der Waals surface area (Å²) in [5.41, 5.74) is 12.6. The Hall–Kier alpha value is -1.97. The van der Waals surface area contributed by atoms with Crippen molar-refractivity contribution in [1.29, 1.82) is 0 Å². The standard InChI is InChI=1S/C9H10N2O2/c10-7-3-1-2-6(9(7)11)4-5-8(12)13/h1-5H,10-11H2,(H,12,13). The molecule has 0 saturated carbocycles. The van der Waals surface area contributed by atoms with Crippen LogP contribution in [-0.2, 0) is 4.79 Å². The number of nitrogens with two attached hydrogens (primary N) is 2. The maximum atomic E-state index is 10.2. The Bertz CT molecular complexity index is 359. The Morgan fingerprint density at radius 1 is 1.38 bits per heavy atom. The highest BCUT2D eigenvalue weighted by molar-refractivity contribution is 5.88. The molecule has 0 unspecified atom stereocenters. The summed E-state index contributed by atoms with van der Waals surface area (Å²) < 4.78 is 0. The third-order valence-electron chi connectivity index (χ3n) is 1.58. The Morgan fingerprint density at radius 3 is 2.69 bits per heavy atom. The van der Waals surface area contributed by atoms with Crippen LogP contribution in [0.25, 0.3) is 6.08 Å². The molecule has 0 aromatic heterocycles. The van der Waals surface area contributed by atoms with Gasteiger partial charge in [0.05, 0.1) is 11.4 Å². The van der Waals surface area contributed by atoms with Crippen LogP contribution in [0.15, 0.2) is 24.3 Å². The first kappa shape index (κ1) is 9.12. The van der Waals surface area contributed by atoms with Crippen LogP contribution in [0.2, 0.25) is 0 Å². The van der Waals surface area contributed by atoms with Crippen molar-refractivity contribution >= 4 is 23.4 Å². The number of benzene rings is 1. The normalized spacial score (nSPS) is 10.5. The van der Waals surface area contributed by atoms with Gasteiger partial charge in [-0.05, 0) is 17.7 Å². The van der Waals surface area contributed by atoms with E-state index in [-0.39, 0.29) is 0 Å². The van der Waals surface area contributed by atoms with Gasteiger partial charge in [-0.3, -0.25) is 0 Å². The van der Waals surface area contributed by atoms with E-state index in [0.717, 1.165) is 6.08 Å². The molecule has 0 aliphatic rings. The number of rotatable bonds is 2. The molecule has 68 valence electrons. The van der Waals surface area contributed by atoms with E-state index >= 15 is 0 Å². The first-order valence-corrected chi connectivity index (χ1v) is 3.66. The molecular formula is C9H10N2O2. The number of hydrogen-bond acceptors (Lipinski definition) is 3. The molecule has 5 N–H and O–H groups in total. The number of carbonyl (C=O) groups is 1. The number of hydrogen-bond donors (Lipinski definition) is 3. The molecule has 13 heavy (non-hydrogen) atoms. The lowest BCUT2D eigenvalue weighted by Gasteiger charge is -2.02. The molecule has 0 saturated heterocycles. The minimum atomic E-state index is -1.01. The Labute approximate surface area is 75.5 Å². The van der Waals surface area contributed by atoms with Crippen LogP contribution in [0, 0.1) is 0 Å². The first-order chi connectivity index (χ1) is 6.11. The molecule has 0 bridgehead atoms. The quantitative estimate of drug-likeness (QED) is 0.464. The summed E-state index contributed by atoms with van der Waals surface area (Å²) in [6, 6.07) is 5.08. The third-order valence-corrected chi connectivity index (χ3v) is 1.58. The molecule has 0 spiro atoms. The van der Waals surface area contributed by atoms with E-state index in [1.165, 1.54) is 6.08 Å². The minimum absolute atomic E-state index is 0.403. The van der Waals surface area contributed by atoms with Crippen molar-refractivity contribution in [3.05, 3.63) is 29.8 Å². The van der Waals surface area contributed by atoms with Gasteiger partial charge in [0.1, 0.15) is 0 Å². The second-order valence-electron chi connectivity index (χ2n) is 2.52. The highest BCUT2D eigenvalue weighted by Crippen LogP contribution is 2.20. The predicted molar refractivity (Wildman–Crippen MR) is 51.9 cm³/mol. The van der Waals surface area contributed by atoms with E-state index in [1.807, 2.05) is 0 Å². The third kappa shape index (κ3) is 2.23. The van der Waals surface area contributed by atoms with Gasteiger partial charge in [0, 0.05) is 6.08 Å². The number of aliphatic carboxylic acids is 1. The molecule has 0 amide bonds. The lowest BCUT2D eigenvalue weighted by atomic mass is 10.1. The number of carboxylic acid groups (broad SMARTS) is 1. The molecule has 1 aromatic rings. The lowest BCUT2D eigenvalue weighted by molar-refractivity contribution is -0.131. The van der Waals surface area contributed by atoms with Crippen molar-refractivity contribution in [3.8, 4) is 0 Å². The highest BCUT2D eigenvalue weighted by atomic mass is 16.4. The average molecular weight is 178 g/mol. The molecular weight excluding hydrogens is 168 g/mol. The summed E-state index contributed by atoms with van der Waals surface area (Å²) in [7, 11) is 0. The molecule has 0 radical (unpaired) electrons. The van der Waals surface area contributed by atoms with Gasteiger partial charge in [0.25, 0.3) is 0 Å². The van der Waals surface area contributed by atoms with Crippen LogP contribution >= 0.6 is 0 Å². The van der Waals surface area contributed by atoms with Crippen molar-refractivity contribution in [2.45, 2.75) is 0 Å². The van der Waals surface area contributed by atoms with Crippen molar-refractivity contribution < 1.29 is 9.90 Å². The van der Waals surface area contributed by atoms with Crippen molar-refractivity contribution in [2.24, 2.45) is 0 Å². The van der Waals surface area contributed by atoms with Gasteiger partial charge in [-0.15, -0.1) is 0 Å². The van der Waals surface area contributed by atoms with Crippen LogP contribution < -0.4 is 11.5 Å². The second-order valence-corrected chi connectivity index (χ2v) is 2.52. The van der Waals surface area contributed by atoms with Gasteiger partial charge in [0.2, 0.25) is 0 Å². The van der Waals surface area contributed by atoms with Gasteiger partial charge in [-0.25, -0.2) is 4.79 Å². The predicted octanol–water partition coefficient (Wildman–Crippen LogP) is 0.949. The summed E-state index contributed by atoms with van der Waals surface area (Å²) in [5.74, 6) is -1.01. The number of nitrogen functional groups attached to an aromatic ring is 2. The Balaban J connectivity index is 3.02. The van der Waals surface area contributed by atoms with Crippen LogP contribution in [-0.4, -0.2) is 11.1 Å². The molecule has 0 aliphatic carbocycles. The van der Waals surface area contributed by atoms with E-state index in [2.05, 4.69) is 0 Å². The molecule has 0 fully saturated rings. The zero-order chi connectivity index (χ0) is 9.84. The van der Waals surface area contributed by atoms with E-state index in [0.29, 0.717) is 16.9 Å². The molecule has 0 aliphatic heterocycles. The Morgan fingerprint density at radius 2 is 2.08 bits per heavy atom. The summed E-state index contributed by atoms with van der Waals surface area (Å²) in [5, 5.41) is 8.38. The zero-order valence-corrected chi connectivity index (χ0v) is 6.90. The molecule has 4 nitrogen and oxygen atoms in total. The van der Waals surface area contributed by atoms with Gasteiger partial charge < -0.3 is 16.6 Å². The fourth-order valence-corrected chi connectivity index (χ4v) is 0.908. The van der Waals surface area contributed by atoms with Gasteiger partial charge in [-0.2, -0.15) is 0 Å². The van der Waals surface area contributed by atoms with Crippen molar-refractivity contribution in [1.82, 2.24) is 0 Å². The van der Waals surface area contributed by atoms with Crippen LogP contribution in [0.5, 0.6) is 0 Å². The summed E-state index contributed by atoms with van der Waals surface area (Å²) >= 11 is 0. The maximum Gasteiger partial charge on any atom is 0.328 e. The number of carboxylic acids is 1. The average Bonchev–Trinajstić information content (AvgIpc) is 2.07. The SMILES string of the molecule is Nc1cccc(C=CC(=O)O)c1N. The van der Waals surface area contributed by atoms with Crippen molar-refractivity contribution in [3.63, 3.8) is 0 Å². The van der Waals surface area contributed by atoms with Gasteiger partial charge in [-0.1, -0.05) is 12.1 Å². The van der Waals surface area contributed by atoms with Crippen LogP contribution in [0.3, 0.4) is 0 Å². The summed E-state index contributed by atoms with van der Waals surface area (Å²) in [6.45, 7) is 0. The molecule has 4 heteroatoms. The van der Waals surface area contributed by atoms with E-state index < -0.39 is 5.97 Å². The molecule has 0 heterocycles. The maximum absolute atomic E-state index is 10.2. The fourth-order valence-electron chi connectivity index (χ4n) is 0.908. The number of para-hydroxylation sites is 1. The Kier molecular flexibility index (Phi) is 2.54. The molecule has 0 atom stereocenters. The summed E-state index contributed by atoms with van der Waals surface area (Å²) in [6.07, 6.45) is 2.43. The molecule has 1 rings (SSSR count). The smallest absolute Gasteiger partial charge is 0.328 e. The van der Waals surface area contributed by atoms with Crippen molar-refractivity contribution in [2.75, 3.05) is 11.5 Å². The first-order valence-electron chi connectivity index (χ1n) is 3.66. The zero-order valence-electron chi connectivity index (χ0n) is 6.90. The van der Waals surface area contributed by atoms with E-state index in [4.69, 9.17) is 16.6 Å². The molecule has 1 aromatic carbocycles. The minimum Gasteiger partial charge on any atom is -0.478 e. The highest BCUT2D eigenvalue weighted by Gasteiger charge is 1.98. The number of anilines is 2. The monoisotopic (exact) mass is 178 g/mol.